The minimum absolute atomic E-state index is 0.157. The van der Waals surface area contributed by atoms with E-state index in [2.05, 4.69) is 10.4 Å². The molecule has 0 fully saturated rings. The van der Waals surface area contributed by atoms with E-state index in [9.17, 15) is 23.1 Å². The van der Waals surface area contributed by atoms with E-state index >= 15 is 0 Å². The number of hydrogen-bond acceptors (Lipinski definition) is 3. The van der Waals surface area contributed by atoms with Gasteiger partial charge in [-0.15, -0.1) is 0 Å². The summed E-state index contributed by atoms with van der Waals surface area (Å²) in [7, 11) is 1.53. The van der Waals surface area contributed by atoms with Gasteiger partial charge in [-0.05, 0) is 27.7 Å². The van der Waals surface area contributed by atoms with Gasteiger partial charge in [0.1, 0.15) is 6.54 Å². The summed E-state index contributed by atoms with van der Waals surface area (Å²) in [6.07, 6.45) is -5.02. The van der Waals surface area contributed by atoms with Crippen molar-refractivity contribution in [1.82, 2.24) is 20.0 Å². The molecule has 1 heterocycles. The molecule has 0 unspecified atom stereocenters. The Morgan fingerprint density at radius 1 is 1.39 bits per heavy atom. The number of aliphatic hydroxyl groups excluding tert-OH is 1. The monoisotopic (exact) mass is 336 g/mol. The van der Waals surface area contributed by atoms with Gasteiger partial charge in [0.15, 0.2) is 0 Å². The zero-order chi connectivity index (χ0) is 17.9. The highest BCUT2D eigenvalue weighted by atomic mass is 19.4. The van der Waals surface area contributed by atoms with E-state index in [1.165, 1.54) is 11.9 Å². The van der Waals surface area contributed by atoms with Crippen LogP contribution in [0, 0.1) is 13.8 Å². The molecular weight excluding hydrogens is 313 g/mol. The van der Waals surface area contributed by atoms with Crippen LogP contribution in [0.5, 0.6) is 0 Å². The van der Waals surface area contributed by atoms with Gasteiger partial charge in [0.2, 0.25) is 0 Å². The number of rotatable bonds is 5. The number of carbonyl (C=O) groups is 1. The van der Waals surface area contributed by atoms with Crippen molar-refractivity contribution < 1.29 is 23.1 Å². The first-order chi connectivity index (χ1) is 10.4. The Labute approximate surface area is 133 Å². The van der Waals surface area contributed by atoms with Gasteiger partial charge in [-0.1, -0.05) is 0 Å². The van der Waals surface area contributed by atoms with E-state index in [0.29, 0.717) is 17.0 Å². The van der Waals surface area contributed by atoms with Gasteiger partial charge in [-0.2, -0.15) is 18.3 Å². The van der Waals surface area contributed by atoms with Crippen molar-refractivity contribution in [2.75, 3.05) is 13.6 Å². The number of likely N-dealkylation sites (N-methyl/N-ethyl adjacent to an activating group) is 1. The minimum Gasteiger partial charge on any atom is -0.392 e. The molecule has 1 rings (SSSR count). The van der Waals surface area contributed by atoms with E-state index in [-0.39, 0.29) is 6.54 Å². The van der Waals surface area contributed by atoms with E-state index in [4.69, 9.17) is 0 Å². The number of nitrogens with one attached hydrogen (secondary N) is 1. The molecule has 1 aromatic heterocycles. The van der Waals surface area contributed by atoms with Crippen LogP contribution < -0.4 is 5.32 Å². The second kappa shape index (κ2) is 7.20. The molecule has 2 atom stereocenters. The predicted molar refractivity (Wildman–Crippen MR) is 79.0 cm³/mol. The van der Waals surface area contributed by atoms with Gasteiger partial charge in [0.25, 0.3) is 0 Å². The molecule has 2 amide bonds. The van der Waals surface area contributed by atoms with Crippen LogP contribution in [0.4, 0.5) is 18.0 Å². The largest absolute Gasteiger partial charge is 0.408 e. The standard InChI is InChI=1S/C14H23F3N4O2/c1-8(22)6-20(5)13(23)18-9(2)12-10(3)19-21(11(12)4)7-14(15,16)17/h8-9,22H,6-7H2,1-5H3,(H,18,23)/t8-,9+/m1/s1. The minimum atomic E-state index is -4.36. The number of aryl methyl sites for hydroxylation is 1. The predicted octanol–water partition coefficient (Wildman–Crippen LogP) is 2.15. The molecule has 23 heavy (non-hydrogen) atoms. The van der Waals surface area contributed by atoms with Gasteiger partial charge >= 0.3 is 12.2 Å². The second-order valence-corrected chi connectivity index (χ2v) is 5.76. The molecule has 6 nitrogen and oxygen atoms in total. The maximum Gasteiger partial charge on any atom is 0.408 e. The van der Waals surface area contributed by atoms with Crippen molar-refractivity contribution in [3.05, 3.63) is 17.0 Å². The first kappa shape index (κ1) is 19.3. The number of nitrogens with zero attached hydrogens (tertiary/aromatic N) is 3. The number of amides is 2. The lowest BCUT2D eigenvalue weighted by Crippen LogP contribution is -2.41. The molecule has 0 aliphatic heterocycles. The number of halogens is 3. The summed E-state index contributed by atoms with van der Waals surface area (Å²) in [5.74, 6) is 0. The highest BCUT2D eigenvalue weighted by Gasteiger charge is 2.31. The summed E-state index contributed by atoms with van der Waals surface area (Å²) in [6, 6.07) is -0.915. The summed E-state index contributed by atoms with van der Waals surface area (Å²) >= 11 is 0. The van der Waals surface area contributed by atoms with Crippen LogP contribution in [0.25, 0.3) is 0 Å². The molecule has 0 aliphatic carbocycles. The average Bonchev–Trinajstić information content (AvgIpc) is 2.61. The summed E-state index contributed by atoms with van der Waals surface area (Å²) < 4.78 is 38.5. The molecule has 9 heteroatoms. The summed E-state index contributed by atoms with van der Waals surface area (Å²) in [4.78, 5) is 13.3. The molecule has 0 radical (unpaired) electrons. The SMILES string of the molecule is Cc1nn(CC(F)(F)F)c(C)c1[C@H](C)NC(=O)N(C)C[C@@H](C)O. The van der Waals surface area contributed by atoms with Gasteiger partial charge < -0.3 is 15.3 Å². The smallest absolute Gasteiger partial charge is 0.392 e. The van der Waals surface area contributed by atoms with Crippen LogP contribution in [0.2, 0.25) is 0 Å². The Morgan fingerprint density at radius 2 is 1.96 bits per heavy atom. The number of alkyl halides is 3. The normalized spacial score (nSPS) is 14.5. The number of urea groups is 1. The van der Waals surface area contributed by atoms with Crippen LogP contribution in [0.1, 0.15) is 36.8 Å². The van der Waals surface area contributed by atoms with Crippen LogP contribution in [0.3, 0.4) is 0 Å². The van der Waals surface area contributed by atoms with E-state index in [1.807, 2.05) is 0 Å². The molecule has 0 bridgehead atoms. The molecule has 0 aromatic carbocycles. The van der Waals surface area contributed by atoms with Gasteiger partial charge in [-0.3, -0.25) is 4.68 Å². The molecule has 0 saturated heterocycles. The Bertz CT molecular complexity index is 555. The van der Waals surface area contributed by atoms with Gasteiger partial charge in [0.05, 0.1) is 17.8 Å². The first-order valence-electron chi connectivity index (χ1n) is 7.22. The summed E-state index contributed by atoms with van der Waals surface area (Å²) in [5.41, 5.74) is 1.37. The first-order valence-corrected chi connectivity index (χ1v) is 7.22. The highest BCUT2D eigenvalue weighted by Crippen LogP contribution is 2.25. The van der Waals surface area contributed by atoms with Gasteiger partial charge in [-0.25, -0.2) is 4.79 Å². The van der Waals surface area contributed by atoms with E-state index in [1.54, 1.807) is 27.7 Å². The quantitative estimate of drug-likeness (QED) is 0.865. The second-order valence-electron chi connectivity index (χ2n) is 5.76. The molecule has 0 spiro atoms. The Kier molecular flexibility index (Phi) is 6.04. The zero-order valence-electron chi connectivity index (χ0n) is 13.9. The molecular formula is C14H23F3N4O2. The highest BCUT2D eigenvalue weighted by molar-refractivity contribution is 5.74. The number of aromatic nitrogens is 2. The third kappa shape index (κ3) is 5.42. The third-order valence-electron chi connectivity index (χ3n) is 3.42. The van der Waals surface area contributed by atoms with Gasteiger partial charge in [0, 0.05) is 24.8 Å². The maximum atomic E-state index is 12.5. The Morgan fingerprint density at radius 3 is 2.43 bits per heavy atom. The third-order valence-corrected chi connectivity index (χ3v) is 3.42. The van der Waals surface area contributed by atoms with E-state index < -0.39 is 30.9 Å². The zero-order valence-corrected chi connectivity index (χ0v) is 13.9. The summed E-state index contributed by atoms with van der Waals surface area (Å²) in [6.45, 7) is 5.39. The van der Waals surface area contributed by atoms with Crippen molar-refractivity contribution in [3.8, 4) is 0 Å². The van der Waals surface area contributed by atoms with Crippen molar-refractivity contribution in [2.45, 2.75) is 52.6 Å². The fourth-order valence-electron chi connectivity index (χ4n) is 2.51. The van der Waals surface area contributed by atoms with Crippen molar-refractivity contribution in [2.24, 2.45) is 0 Å². The fourth-order valence-corrected chi connectivity index (χ4v) is 2.51. The lowest BCUT2D eigenvalue weighted by Gasteiger charge is -2.22. The maximum absolute atomic E-state index is 12.5. The van der Waals surface area contributed by atoms with Crippen molar-refractivity contribution in [1.29, 1.82) is 0 Å². The summed E-state index contributed by atoms with van der Waals surface area (Å²) in [5, 5.41) is 15.9. The lowest BCUT2D eigenvalue weighted by atomic mass is 10.1. The molecule has 0 aliphatic rings. The van der Waals surface area contributed by atoms with Crippen LogP contribution in [-0.4, -0.2) is 51.7 Å². The molecule has 132 valence electrons. The fraction of sp³-hybridized carbons (Fsp3) is 0.714. The number of hydrogen-bond donors (Lipinski definition) is 2. The molecule has 0 saturated carbocycles. The Hall–Kier alpha value is -1.77. The van der Waals surface area contributed by atoms with Crippen LogP contribution in [0.15, 0.2) is 0 Å². The van der Waals surface area contributed by atoms with Crippen LogP contribution in [-0.2, 0) is 6.54 Å². The number of carbonyl (C=O) groups excluding carboxylic acids is 1. The van der Waals surface area contributed by atoms with E-state index in [0.717, 1.165) is 4.68 Å². The molecule has 2 N–H and O–H groups in total. The van der Waals surface area contributed by atoms with Crippen LogP contribution >= 0.6 is 0 Å². The molecule has 1 aromatic rings. The lowest BCUT2D eigenvalue weighted by molar-refractivity contribution is -0.143. The van der Waals surface area contributed by atoms with Crippen molar-refractivity contribution >= 4 is 6.03 Å². The average molecular weight is 336 g/mol. The van der Waals surface area contributed by atoms with Crippen molar-refractivity contribution in [3.63, 3.8) is 0 Å². The topological polar surface area (TPSA) is 70.4 Å². The Balaban J connectivity index is 2.88. The number of aliphatic hydroxyl groups is 1.